The summed E-state index contributed by atoms with van der Waals surface area (Å²) in [6.45, 7) is 6.61. The topological polar surface area (TPSA) is 0 Å². The first-order valence-corrected chi connectivity index (χ1v) is 5.87. The minimum absolute atomic E-state index is 0.724. The molecule has 13 heavy (non-hydrogen) atoms. The molecule has 0 saturated heterocycles. The zero-order valence-corrected chi connectivity index (χ0v) is 10.2. The Balaban J connectivity index is 2.73. The molecule has 0 spiro atoms. The third-order valence-electron chi connectivity index (χ3n) is 2.42. The summed E-state index contributed by atoms with van der Waals surface area (Å²) in [6, 6.07) is 6.75. The molecule has 1 aromatic carbocycles. The summed E-state index contributed by atoms with van der Waals surface area (Å²) in [5.74, 6) is 0.724. The Bertz CT molecular complexity index is 278. The van der Waals surface area contributed by atoms with Gasteiger partial charge >= 0.3 is 0 Å². The molecule has 1 rings (SSSR count). The van der Waals surface area contributed by atoms with Gasteiger partial charge in [0.05, 0.1) is 0 Å². The fraction of sp³-hybridized carbons (Fsp3) is 0.500. The van der Waals surface area contributed by atoms with Crippen LogP contribution in [0.15, 0.2) is 18.2 Å². The lowest BCUT2D eigenvalue weighted by molar-refractivity contribution is 0.663. The molecule has 0 aliphatic heterocycles. The highest BCUT2D eigenvalue weighted by Crippen LogP contribution is 2.14. The van der Waals surface area contributed by atoms with Crippen LogP contribution < -0.4 is 0 Å². The summed E-state index contributed by atoms with van der Waals surface area (Å²) in [4.78, 5) is 0. The Hall–Kier alpha value is -0.300. The molecule has 0 heterocycles. The second kappa shape index (κ2) is 4.80. The van der Waals surface area contributed by atoms with Crippen LogP contribution in [-0.4, -0.2) is 5.33 Å². The van der Waals surface area contributed by atoms with E-state index in [4.69, 9.17) is 0 Å². The Morgan fingerprint density at radius 1 is 1.23 bits per heavy atom. The fourth-order valence-corrected chi connectivity index (χ4v) is 1.62. The molecule has 1 aromatic rings. The molecule has 1 heteroatoms. The molecular formula is C12H17Br. The summed E-state index contributed by atoms with van der Waals surface area (Å²) in [6.07, 6.45) is 1.17. The molecule has 0 aliphatic carbocycles. The second-order valence-electron chi connectivity index (χ2n) is 3.88. The van der Waals surface area contributed by atoms with E-state index < -0.39 is 0 Å². The lowest BCUT2D eigenvalue weighted by atomic mass is 9.99. The molecule has 0 bridgehead atoms. The zero-order chi connectivity index (χ0) is 9.84. The van der Waals surface area contributed by atoms with Crippen molar-refractivity contribution in [2.24, 2.45) is 5.92 Å². The molecule has 0 aromatic heterocycles. The quantitative estimate of drug-likeness (QED) is 0.704. The average Bonchev–Trinajstić information content (AvgIpc) is 2.11. The number of hydrogen-bond donors (Lipinski definition) is 0. The van der Waals surface area contributed by atoms with Gasteiger partial charge in [-0.1, -0.05) is 41.1 Å². The Morgan fingerprint density at radius 2 is 1.92 bits per heavy atom. The van der Waals surface area contributed by atoms with Gasteiger partial charge in [0, 0.05) is 5.33 Å². The first-order chi connectivity index (χ1) is 6.13. The van der Waals surface area contributed by atoms with Crippen LogP contribution in [0.1, 0.15) is 23.6 Å². The van der Waals surface area contributed by atoms with E-state index in [-0.39, 0.29) is 0 Å². The lowest BCUT2D eigenvalue weighted by Crippen LogP contribution is -2.01. The smallest absolute Gasteiger partial charge is 0.00602 e. The van der Waals surface area contributed by atoms with Gasteiger partial charge in [-0.05, 0) is 42.9 Å². The molecule has 0 aliphatic rings. The highest BCUT2D eigenvalue weighted by atomic mass is 79.9. The maximum atomic E-state index is 3.51. The largest absolute Gasteiger partial charge is 0.0925 e. The third kappa shape index (κ3) is 3.15. The van der Waals surface area contributed by atoms with E-state index in [0.29, 0.717) is 0 Å². The van der Waals surface area contributed by atoms with Crippen LogP contribution in [0.2, 0.25) is 0 Å². The van der Waals surface area contributed by atoms with Gasteiger partial charge < -0.3 is 0 Å². The van der Waals surface area contributed by atoms with Crippen molar-refractivity contribution in [3.63, 3.8) is 0 Å². The lowest BCUT2D eigenvalue weighted by Gasteiger charge is -2.09. The van der Waals surface area contributed by atoms with Crippen molar-refractivity contribution in [2.45, 2.75) is 27.2 Å². The van der Waals surface area contributed by atoms with E-state index >= 15 is 0 Å². The van der Waals surface area contributed by atoms with Crippen LogP contribution >= 0.6 is 15.9 Å². The van der Waals surface area contributed by atoms with Crippen molar-refractivity contribution in [2.75, 3.05) is 5.33 Å². The van der Waals surface area contributed by atoms with Gasteiger partial charge in [-0.15, -0.1) is 0 Å². The first-order valence-electron chi connectivity index (χ1n) is 4.75. The van der Waals surface area contributed by atoms with Crippen LogP contribution in [0, 0.1) is 19.8 Å². The number of rotatable bonds is 3. The van der Waals surface area contributed by atoms with Crippen molar-refractivity contribution in [3.05, 3.63) is 34.9 Å². The summed E-state index contributed by atoms with van der Waals surface area (Å²) in [5.41, 5.74) is 4.24. The van der Waals surface area contributed by atoms with Gasteiger partial charge in [0.15, 0.2) is 0 Å². The molecular weight excluding hydrogens is 224 g/mol. The van der Waals surface area contributed by atoms with Crippen molar-refractivity contribution < 1.29 is 0 Å². The van der Waals surface area contributed by atoms with Gasteiger partial charge in [-0.3, -0.25) is 0 Å². The van der Waals surface area contributed by atoms with Crippen molar-refractivity contribution in [1.82, 2.24) is 0 Å². The van der Waals surface area contributed by atoms with E-state index in [9.17, 15) is 0 Å². The number of aryl methyl sites for hydroxylation is 2. The maximum Gasteiger partial charge on any atom is 0.00602 e. The number of halogens is 1. The van der Waals surface area contributed by atoms with Crippen molar-refractivity contribution in [3.8, 4) is 0 Å². The van der Waals surface area contributed by atoms with E-state index in [0.717, 1.165) is 11.2 Å². The van der Waals surface area contributed by atoms with Crippen molar-refractivity contribution >= 4 is 15.9 Å². The minimum atomic E-state index is 0.724. The van der Waals surface area contributed by atoms with Gasteiger partial charge in [-0.25, -0.2) is 0 Å². The minimum Gasteiger partial charge on any atom is -0.0925 e. The van der Waals surface area contributed by atoms with Gasteiger partial charge in [0.25, 0.3) is 0 Å². The Kier molecular flexibility index (Phi) is 3.98. The Morgan fingerprint density at radius 3 is 2.46 bits per heavy atom. The van der Waals surface area contributed by atoms with Gasteiger partial charge in [-0.2, -0.15) is 0 Å². The average molecular weight is 241 g/mol. The van der Waals surface area contributed by atoms with Crippen LogP contribution in [0.3, 0.4) is 0 Å². The van der Waals surface area contributed by atoms with Crippen LogP contribution in [-0.2, 0) is 6.42 Å². The monoisotopic (exact) mass is 240 g/mol. The number of hydrogen-bond acceptors (Lipinski definition) is 0. The standard InChI is InChI=1S/C12H17Br/c1-9(8-13)6-12-5-4-10(2)11(3)7-12/h4-5,7,9H,6,8H2,1-3H3. The summed E-state index contributed by atoms with van der Waals surface area (Å²) >= 11 is 3.51. The molecule has 1 atom stereocenters. The normalized spacial score (nSPS) is 12.9. The second-order valence-corrected chi connectivity index (χ2v) is 4.53. The predicted molar refractivity (Wildman–Crippen MR) is 62.6 cm³/mol. The zero-order valence-electron chi connectivity index (χ0n) is 8.60. The van der Waals surface area contributed by atoms with E-state index in [1.165, 1.54) is 23.1 Å². The van der Waals surface area contributed by atoms with Gasteiger partial charge in [0.2, 0.25) is 0 Å². The number of benzene rings is 1. The van der Waals surface area contributed by atoms with Crippen molar-refractivity contribution in [1.29, 1.82) is 0 Å². The SMILES string of the molecule is Cc1ccc(CC(C)CBr)cc1C. The highest BCUT2D eigenvalue weighted by molar-refractivity contribution is 9.09. The summed E-state index contributed by atoms with van der Waals surface area (Å²) < 4.78 is 0. The Labute approximate surface area is 89.5 Å². The molecule has 0 N–H and O–H groups in total. The molecule has 0 fully saturated rings. The maximum absolute atomic E-state index is 3.51. The summed E-state index contributed by atoms with van der Waals surface area (Å²) in [7, 11) is 0. The highest BCUT2D eigenvalue weighted by Gasteiger charge is 2.02. The molecule has 72 valence electrons. The van der Waals surface area contributed by atoms with E-state index in [1.807, 2.05) is 0 Å². The fourth-order valence-electron chi connectivity index (χ4n) is 1.39. The van der Waals surface area contributed by atoms with Crippen LogP contribution in [0.25, 0.3) is 0 Å². The van der Waals surface area contributed by atoms with Gasteiger partial charge in [0.1, 0.15) is 0 Å². The molecule has 0 saturated carbocycles. The first kappa shape index (κ1) is 10.8. The third-order valence-corrected chi connectivity index (χ3v) is 3.52. The van der Waals surface area contributed by atoms with E-state index in [2.05, 4.69) is 54.9 Å². The summed E-state index contributed by atoms with van der Waals surface area (Å²) in [5, 5.41) is 1.08. The van der Waals surface area contributed by atoms with E-state index in [1.54, 1.807) is 0 Å². The van der Waals surface area contributed by atoms with Crippen LogP contribution in [0.4, 0.5) is 0 Å². The number of alkyl halides is 1. The molecule has 0 radical (unpaired) electrons. The predicted octanol–water partition coefficient (Wildman–Crippen LogP) is 3.88. The van der Waals surface area contributed by atoms with Crippen LogP contribution in [0.5, 0.6) is 0 Å². The molecule has 1 unspecified atom stereocenters. The molecule has 0 nitrogen and oxygen atoms in total. The molecule has 0 amide bonds.